The lowest BCUT2D eigenvalue weighted by molar-refractivity contribution is -0.123. The van der Waals surface area contributed by atoms with E-state index in [9.17, 15) is 13.2 Å². The van der Waals surface area contributed by atoms with Gasteiger partial charge in [-0.05, 0) is 43.8 Å². The number of hydrogen-bond acceptors (Lipinski definition) is 4. The van der Waals surface area contributed by atoms with Gasteiger partial charge in [-0.2, -0.15) is 0 Å². The second-order valence-corrected chi connectivity index (χ2v) is 9.89. The number of alkyl halides is 1. The third kappa shape index (κ3) is 5.43. The van der Waals surface area contributed by atoms with Crippen LogP contribution in [0.1, 0.15) is 18.4 Å². The highest BCUT2D eigenvalue weighted by Crippen LogP contribution is 2.22. The molecule has 7 heteroatoms. The molecule has 0 aromatic heterocycles. The summed E-state index contributed by atoms with van der Waals surface area (Å²) in [5.74, 6) is 0.430. The molecule has 1 aromatic rings. The van der Waals surface area contributed by atoms with E-state index in [2.05, 4.69) is 34.5 Å². The lowest BCUT2D eigenvalue weighted by Crippen LogP contribution is -2.47. The van der Waals surface area contributed by atoms with Crippen LogP contribution in [-0.4, -0.2) is 61.8 Å². The number of benzene rings is 1. The van der Waals surface area contributed by atoms with Gasteiger partial charge in [0.05, 0.1) is 29.5 Å². The number of rotatable bonds is 5. The molecule has 0 saturated carbocycles. The summed E-state index contributed by atoms with van der Waals surface area (Å²) in [6.45, 7) is 2.12. The Bertz CT molecular complexity index is 688. The van der Waals surface area contributed by atoms with Crippen LogP contribution in [0.5, 0.6) is 0 Å². The molecule has 0 spiro atoms. The van der Waals surface area contributed by atoms with Gasteiger partial charge in [-0.1, -0.05) is 30.3 Å². The molecule has 0 bridgehead atoms. The first kappa shape index (κ1) is 18.7. The van der Waals surface area contributed by atoms with E-state index in [-0.39, 0.29) is 17.4 Å². The predicted octanol–water partition coefficient (Wildman–Crippen LogP) is 1.46. The predicted molar refractivity (Wildman–Crippen MR) is 99.5 cm³/mol. The third-order valence-corrected chi connectivity index (χ3v) is 7.45. The highest BCUT2D eigenvalue weighted by molar-refractivity contribution is 7.91. The number of sulfone groups is 1. The minimum absolute atomic E-state index is 0.0495. The molecule has 2 heterocycles. The average Bonchev–Trinajstić information content (AvgIpc) is 2.82. The van der Waals surface area contributed by atoms with Crippen LogP contribution in [0.3, 0.4) is 0 Å². The number of amides is 1. The SMILES string of the molecule is O=C(CN1CCC(Cc2ccccc2)CC1)N[C@H]1CS(=O)(=O)C[C@@H]1Cl. The van der Waals surface area contributed by atoms with E-state index in [1.54, 1.807) is 0 Å². The van der Waals surface area contributed by atoms with Crippen molar-refractivity contribution in [3.05, 3.63) is 35.9 Å². The van der Waals surface area contributed by atoms with Crippen molar-refractivity contribution < 1.29 is 13.2 Å². The van der Waals surface area contributed by atoms with Gasteiger partial charge in [-0.15, -0.1) is 11.6 Å². The van der Waals surface area contributed by atoms with Crippen molar-refractivity contribution in [2.45, 2.75) is 30.7 Å². The van der Waals surface area contributed by atoms with Crippen molar-refractivity contribution >= 4 is 27.3 Å². The topological polar surface area (TPSA) is 66.5 Å². The van der Waals surface area contributed by atoms with E-state index in [0.717, 1.165) is 32.4 Å². The molecular weight excluding hydrogens is 360 g/mol. The van der Waals surface area contributed by atoms with Gasteiger partial charge in [0, 0.05) is 0 Å². The molecule has 2 fully saturated rings. The molecule has 2 aliphatic heterocycles. The summed E-state index contributed by atoms with van der Waals surface area (Å²) in [7, 11) is -3.12. The first-order valence-electron chi connectivity index (χ1n) is 8.81. The van der Waals surface area contributed by atoms with E-state index < -0.39 is 21.3 Å². The van der Waals surface area contributed by atoms with Gasteiger partial charge in [0.2, 0.25) is 5.91 Å². The van der Waals surface area contributed by atoms with Crippen molar-refractivity contribution in [2.75, 3.05) is 31.1 Å². The van der Waals surface area contributed by atoms with Crippen molar-refractivity contribution in [1.82, 2.24) is 10.2 Å². The first-order chi connectivity index (χ1) is 11.9. The smallest absolute Gasteiger partial charge is 0.234 e. The molecule has 1 aromatic carbocycles. The molecular formula is C18H25ClN2O3S. The van der Waals surface area contributed by atoms with E-state index in [1.807, 2.05) is 6.07 Å². The van der Waals surface area contributed by atoms with Gasteiger partial charge in [0.1, 0.15) is 0 Å². The summed E-state index contributed by atoms with van der Waals surface area (Å²) >= 11 is 6.04. The van der Waals surface area contributed by atoms with Gasteiger partial charge >= 0.3 is 0 Å². The fraction of sp³-hybridized carbons (Fsp3) is 0.611. The molecule has 1 amide bonds. The number of nitrogens with zero attached hydrogens (tertiary/aromatic N) is 1. The number of carbonyl (C=O) groups excluding carboxylic acids is 1. The largest absolute Gasteiger partial charge is 0.350 e. The lowest BCUT2D eigenvalue weighted by atomic mass is 9.90. The number of hydrogen-bond donors (Lipinski definition) is 1. The maximum absolute atomic E-state index is 12.2. The van der Waals surface area contributed by atoms with Gasteiger partial charge in [-0.3, -0.25) is 9.69 Å². The van der Waals surface area contributed by atoms with Crippen LogP contribution < -0.4 is 5.32 Å². The second-order valence-electron chi connectivity index (χ2n) is 7.18. The van der Waals surface area contributed by atoms with Crippen LogP contribution in [0.25, 0.3) is 0 Å². The van der Waals surface area contributed by atoms with Crippen LogP contribution >= 0.6 is 11.6 Å². The van der Waals surface area contributed by atoms with Crippen molar-refractivity contribution in [2.24, 2.45) is 5.92 Å². The standard InChI is InChI=1S/C18H25ClN2O3S/c19-16-12-25(23,24)13-17(16)20-18(22)11-21-8-6-15(7-9-21)10-14-4-2-1-3-5-14/h1-5,15-17H,6-13H2,(H,20,22)/t16-,17-/m0/s1. The van der Waals surface area contributed by atoms with E-state index in [4.69, 9.17) is 11.6 Å². The number of halogens is 1. The first-order valence-corrected chi connectivity index (χ1v) is 11.1. The Balaban J connectivity index is 1.41. The van der Waals surface area contributed by atoms with Gasteiger partial charge in [0.25, 0.3) is 0 Å². The zero-order valence-electron chi connectivity index (χ0n) is 14.2. The zero-order chi connectivity index (χ0) is 17.9. The number of likely N-dealkylation sites (tertiary alicyclic amines) is 1. The number of nitrogens with one attached hydrogen (secondary N) is 1. The molecule has 0 unspecified atom stereocenters. The summed E-state index contributed by atoms with van der Waals surface area (Å²) in [6.07, 6.45) is 3.25. The Hall–Kier alpha value is -1.11. The molecule has 2 saturated heterocycles. The fourth-order valence-electron chi connectivity index (χ4n) is 3.69. The molecule has 1 N–H and O–H groups in total. The summed E-state index contributed by atoms with van der Waals surface area (Å²) in [5.41, 5.74) is 1.37. The van der Waals surface area contributed by atoms with Crippen LogP contribution in [0.2, 0.25) is 0 Å². The summed E-state index contributed by atoms with van der Waals surface area (Å²) < 4.78 is 23.1. The minimum Gasteiger partial charge on any atom is -0.350 e. The Kier molecular flexibility index (Phi) is 6.02. The summed E-state index contributed by atoms with van der Waals surface area (Å²) in [6, 6.07) is 10.0. The average molecular weight is 385 g/mol. The molecule has 5 nitrogen and oxygen atoms in total. The summed E-state index contributed by atoms with van der Waals surface area (Å²) in [4.78, 5) is 14.3. The van der Waals surface area contributed by atoms with Gasteiger partial charge in [-0.25, -0.2) is 8.42 Å². The van der Waals surface area contributed by atoms with Crippen LogP contribution in [0.4, 0.5) is 0 Å². The quantitative estimate of drug-likeness (QED) is 0.780. The fourth-order valence-corrected chi connectivity index (χ4v) is 6.24. The van der Waals surface area contributed by atoms with Crippen molar-refractivity contribution in [3.8, 4) is 0 Å². The van der Waals surface area contributed by atoms with Crippen molar-refractivity contribution in [3.63, 3.8) is 0 Å². The van der Waals surface area contributed by atoms with Gasteiger partial charge < -0.3 is 5.32 Å². The molecule has 2 aliphatic rings. The highest BCUT2D eigenvalue weighted by Gasteiger charge is 2.37. The maximum atomic E-state index is 12.2. The Morgan fingerprint density at radius 2 is 1.84 bits per heavy atom. The molecule has 0 aliphatic carbocycles. The monoisotopic (exact) mass is 384 g/mol. The van der Waals surface area contributed by atoms with E-state index in [0.29, 0.717) is 12.5 Å². The maximum Gasteiger partial charge on any atom is 0.234 e. The summed E-state index contributed by atoms with van der Waals surface area (Å²) in [5, 5.41) is 2.27. The third-order valence-electron chi connectivity index (χ3n) is 5.07. The normalized spacial score (nSPS) is 27.2. The van der Waals surface area contributed by atoms with E-state index in [1.165, 1.54) is 5.56 Å². The van der Waals surface area contributed by atoms with E-state index >= 15 is 0 Å². The molecule has 2 atom stereocenters. The molecule has 0 radical (unpaired) electrons. The Morgan fingerprint density at radius 1 is 1.16 bits per heavy atom. The van der Waals surface area contributed by atoms with Crippen LogP contribution in [-0.2, 0) is 21.1 Å². The second kappa shape index (κ2) is 8.06. The molecule has 25 heavy (non-hydrogen) atoms. The molecule has 3 rings (SSSR count). The lowest BCUT2D eigenvalue weighted by Gasteiger charge is -2.31. The van der Waals surface area contributed by atoms with Crippen LogP contribution in [0.15, 0.2) is 30.3 Å². The minimum atomic E-state index is -3.12. The Labute approximate surface area is 154 Å². The van der Waals surface area contributed by atoms with Gasteiger partial charge in [0.15, 0.2) is 9.84 Å². The number of carbonyl (C=O) groups is 1. The highest BCUT2D eigenvalue weighted by atomic mass is 35.5. The number of piperidine rings is 1. The van der Waals surface area contributed by atoms with Crippen molar-refractivity contribution in [1.29, 1.82) is 0 Å². The molecule has 138 valence electrons. The Morgan fingerprint density at radius 3 is 2.44 bits per heavy atom. The zero-order valence-corrected chi connectivity index (χ0v) is 15.8. The van der Waals surface area contributed by atoms with Crippen LogP contribution in [0, 0.1) is 5.92 Å².